The molecule has 2 aliphatic carbocycles. The molecule has 0 aromatic heterocycles. The number of piperidine rings is 2. The summed E-state index contributed by atoms with van der Waals surface area (Å²) >= 11 is 6.19. The number of hydrogen-bond acceptors (Lipinski definition) is 9. The Kier molecular flexibility index (Phi) is 9.69. The van der Waals surface area contributed by atoms with Gasteiger partial charge in [0.15, 0.2) is 0 Å². The molecule has 3 saturated heterocycles. The van der Waals surface area contributed by atoms with Crippen LogP contribution in [0.4, 0.5) is 5.69 Å². The van der Waals surface area contributed by atoms with Gasteiger partial charge in [-0.2, -0.15) is 5.26 Å². The predicted octanol–water partition coefficient (Wildman–Crippen LogP) is 5.69. The van der Waals surface area contributed by atoms with Crippen molar-refractivity contribution in [1.82, 2.24) is 20.0 Å². The highest BCUT2D eigenvalue weighted by molar-refractivity contribution is 6.31. The van der Waals surface area contributed by atoms with Crippen molar-refractivity contribution in [2.75, 3.05) is 31.1 Å². The normalized spacial score (nSPS) is 25.2. The number of carbonyl (C=O) groups is 5. The number of halogens is 1. The molecule has 13 heteroatoms. The number of amides is 5. The van der Waals surface area contributed by atoms with Crippen molar-refractivity contribution in [3.05, 3.63) is 93.0 Å². The van der Waals surface area contributed by atoms with E-state index >= 15 is 0 Å². The minimum atomic E-state index is -0.965. The third-order valence-corrected chi connectivity index (χ3v) is 14.3. The molecule has 2 saturated carbocycles. The lowest BCUT2D eigenvalue weighted by Crippen LogP contribution is -2.67. The molecule has 306 valence electrons. The number of benzene rings is 3. The molecule has 5 fully saturated rings. The van der Waals surface area contributed by atoms with Crippen LogP contribution in [0.3, 0.4) is 0 Å². The van der Waals surface area contributed by atoms with Crippen LogP contribution in [0, 0.1) is 34.5 Å². The van der Waals surface area contributed by atoms with Gasteiger partial charge in [0, 0.05) is 72.4 Å². The van der Waals surface area contributed by atoms with Gasteiger partial charge in [-0.05, 0) is 119 Å². The molecule has 5 amide bonds. The number of nitriles is 1. The smallest absolute Gasteiger partial charge is 0.262 e. The first-order chi connectivity index (χ1) is 29.0. The molecule has 1 atom stereocenters. The first kappa shape index (κ1) is 38.5. The van der Waals surface area contributed by atoms with Crippen LogP contribution in [-0.4, -0.2) is 94.6 Å². The standard InChI is InChI=1S/C47H45ClN6O6/c48-40-21-36(9-5-30(40)24-49)60-35-10-6-32(7-11-35)53-25-31-4-3-29(19-38(31)44(53)57)2-1-28-15-17-51(18-16-28)34-22-47(23-34)26-52(27-47)33-8-12-37-39(20-33)46(59)54(45(37)58)41-13-14-42(55)50-43(41)56/h3-5,8-9,12,19-21,28,32,34-35,41H,6-7,10-11,13-18,22-23,25-27H2,(H,50,55,56). The molecule has 1 N–H and O–H groups in total. The minimum Gasteiger partial charge on any atom is -0.490 e. The maximum absolute atomic E-state index is 13.6. The van der Waals surface area contributed by atoms with E-state index in [1.807, 2.05) is 17.0 Å². The van der Waals surface area contributed by atoms with Crippen LogP contribution in [0.25, 0.3) is 0 Å². The van der Waals surface area contributed by atoms with Crippen LogP contribution >= 0.6 is 11.6 Å². The third kappa shape index (κ3) is 6.90. The maximum atomic E-state index is 13.6. The lowest BCUT2D eigenvalue weighted by Gasteiger charge is -2.62. The number of likely N-dealkylation sites (tertiary alicyclic amines) is 1. The Morgan fingerprint density at radius 2 is 1.55 bits per heavy atom. The van der Waals surface area contributed by atoms with Crippen molar-refractivity contribution < 1.29 is 28.7 Å². The summed E-state index contributed by atoms with van der Waals surface area (Å²) in [6, 6.07) is 18.5. The van der Waals surface area contributed by atoms with Gasteiger partial charge >= 0.3 is 0 Å². The fourth-order valence-corrected chi connectivity index (χ4v) is 10.9. The summed E-state index contributed by atoms with van der Waals surface area (Å²) in [7, 11) is 0. The Morgan fingerprint density at radius 1 is 0.783 bits per heavy atom. The zero-order valence-electron chi connectivity index (χ0n) is 33.3. The number of anilines is 1. The van der Waals surface area contributed by atoms with E-state index in [4.69, 9.17) is 21.6 Å². The van der Waals surface area contributed by atoms with Gasteiger partial charge in [0.1, 0.15) is 17.9 Å². The minimum absolute atomic E-state index is 0.0514. The molecule has 1 unspecified atom stereocenters. The van der Waals surface area contributed by atoms with Crippen molar-refractivity contribution in [3.8, 4) is 23.7 Å². The summed E-state index contributed by atoms with van der Waals surface area (Å²) in [5.74, 6) is 6.08. The quantitative estimate of drug-likeness (QED) is 0.245. The van der Waals surface area contributed by atoms with E-state index in [0.29, 0.717) is 46.0 Å². The number of nitrogens with one attached hydrogen (secondary N) is 1. The highest BCUT2D eigenvalue weighted by Gasteiger charge is 2.54. The fourth-order valence-electron chi connectivity index (χ4n) is 10.7. The Hall–Kier alpha value is -5.69. The van der Waals surface area contributed by atoms with Crippen molar-refractivity contribution in [2.24, 2.45) is 11.3 Å². The molecule has 5 heterocycles. The highest BCUT2D eigenvalue weighted by Crippen LogP contribution is 2.52. The van der Waals surface area contributed by atoms with Gasteiger partial charge in [-0.1, -0.05) is 29.5 Å². The number of fused-ring (bicyclic) bond motifs is 2. The van der Waals surface area contributed by atoms with Crippen LogP contribution in [-0.2, 0) is 16.1 Å². The SMILES string of the molecule is N#Cc1ccc(OC2CCC(N3Cc4ccc(C#CC5CCN(C6CC7(C6)CN(c6ccc8c(c6)C(=O)N(C6CCC(=O)NC6=O)C8=O)C7)CC5)cc4C3=O)CC2)cc1Cl. The maximum Gasteiger partial charge on any atom is 0.262 e. The van der Waals surface area contributed by atoms with E-state index in [2.05, 4.69) is 45.2 Å². The molecule has 12 nitrogen and oxygen atoms in total. The zero-order valence-corrected chi connectivity index (χ0v) is 34.0. The largest absolute Gasteiger partial charge is 0.490 e. The van der Waals surface area contributed by atoms with Crippen molar-refractivity contribution in [2.45, 2.75) is 95.0 Å². The molecule has 0 radical (unpaired) electrons. The van der Waals surface area contributed by atoms with Crippen LogP contribution < -0.4 is 15.0 Å². The van der Waals surface area contributed by atoms with E-state index in [1.54, 1.807) is 30.3 Å². The van der Waals surface area contributed by atoms with Gasteiger partial charge in [-0.25, -0.2) is 0 Å². The molecule has 5 aliphatic heterocycles. The number of carbonyl (C=O) groups excluding carboxylic acids is 5. The van der Waals surface area contributed by atoms with Gasteiger partial charge in [0.25, 0.3) is 17.7 Å². The number of rotatable bonds is 6. The van der Waals surface area contributed by atoms with Crippen LogP contribution in [0.15, 0.2) is 54.6 Å². The Labute approximate surface area is 353 Å². The van der Waals surface area contributed by atoms with Gasteiger partial charge in [0.2, 0.25) is 11.8 Å². The number of imide groups is 2. The Bertz CT molecular complexity index is 2440. The van der Waals surface area contributed by atoms with Crippen molar-refractivity contribution in [3.63, 3.8) is 0 Å². The average Bonchev–Trinajstić information content (AvgIpc) is 3.67. The van der Waals surface area contributed by atoms with Gasteiger partial charge in [-0.15, -0.1) is 0 Å². The topological polar surface area (TPSA) is 143 Å². The van der Waals surface area contributed by atoms with E-state index in [9.17, 15) is 24.0 Å². The molecule has 1 spiro atoms. The molecule has 3 aromatic rings. The monoisotopic (exact) mass is 824 g/mol. The summed E-state index contributed by atoms with van der Waals surface area (Å²) in [6.07, 6.45) is 8.09. The summed E-state index contributed by atoms with van der Waals surface area (Å²) in [6.45, 7) is 4.52. The molecule has 60 heavy (non-hydrogen) atoms. The molecule has 7 aliphatic rings. The Balaban J connectivity index is 0.673. The first-order valence-electron chi connectivity index (χ1n) is 21.2. The second-order valence-electron chi connectivity index (χ2n) is 17.8. The van der Waals surface area contributed by atoms with Gasteiger partial charge < -0.3 is 19.4 Å². The lowest BCUT2D eigenvalue weighted by molar-refractivity contribution is -0.136. The molecule has 10 rings (SSSR count). The molecule has 0 bridgehead atoms. The highest BCUT2D eigenvalue weighted by atomic mass is 35.5. The molecule has 3 aromatic carbocycles. The molecular formula is C47H45ClN6O6. The summed E-state index contributed by atoms with van der Waals surface area (Å²) in [4.78, 5) is 72.1. The third-order valence-electron chi connectivity index (χ3n) is 14.0. The lowest BCUT2D eigenvalue weighted by atomic mass is 9.60. The zero-order chi connectivity index (χ0) is 41.3. The van der Waals surface area contributed by atoms with Crippen LogP contribution in [0.2, 0.25) is 5.02 Å². The summed E-state index contributed by atoms with van der Waals surface area (Å²) < 4.78 is 6.17. The second-order valence-corrected chi connectivity index (χ2v) is 18.2. The summed E-state index contributed by atoms with van der Waals surface area (Å²) in [5.41, 5.74) is 4.97. The fraction of sp³-hybridized carbons (Fsp3) is 0.447. The number of ether oxygens (including phenoxy) is 1. The van der Waals surface area contributed by atoms with E-state index in [-0.39, 0.29) is 42.2 Å². The number of hydrogen-bond donors (Lipinski definition) is 1. The predicted molar refractivity (Wildman–Crippen MR) is 221 cm³/mol. The van der Waals surface area contributed by atoms with Crippen LogP contribution in [0.5, 0.6) is 5.75 Å². The van der Waals surface area contributed by atoms with Gasteiger partial charge in [-0.3, -0.25) is 34.2 Å². The van der Waals surface area contributed by atoms with Crippen molar-refractivity contribution >= 4 is 46.8 Å². The average molecular weight is 825 g/mol. The second kappa shape index (κ2) is 15.1. The molecular weight excluding hydrogens is 780 g/mol. The summed E-state index contributed by atoms with van der Waals surface area (Å²) in [5, 5.41) is 11.8. The van der Waals surface area contributed by atoms with E-state index in [1.165, 1.54) is 0 Å². The first-order valence-corrected chi connectivity index (χ1v) is 21.6. The van der Waals surface area contributed by atoms with E-state index < -0.39 is 23.8 Å². The van der Waals surface area contributed by atoms with Gasteiger partial charge in [0.05, 0.1) is 27.8 Å². The number of nitrogens with zero attached hydrogens (tertiary/aromatic N) is 5. The van der Waals surface area contributed by atoms with E-state index in [0.717, 1.165) is 105 Å². The van der Waals surface area contributed by atoms with Crippen LogP contribution in [0.1, 0.15) is 112 Å². The van der Waals surface area contributed by atoms with Crippen molar-refractivity contribution in [1.29, 1.82) is 5.26 Å². The Morgan fingerprint density at radius 3 is 2.28 bits per heavy atom.